The number of rotatable bonds is 5. The van der Waals surface area contributed by atoms with Gasteiger partial charge in [-0.15, -0.1) is 0 Å². The fraction of sp³-hybridized carbons (Fsp3) is 0.500. The van der Waals surface area contributed by atoms with Crippen LogP contribution in [0.3, 0.4) is 0 Å². The number of ether oxygens (including phenoxy) is 1. The van der Waals surface area contributed by atoms with Crippen molar-refractivity contribution in [3.05, 3.63) is 30.3 Å². The van der Waals surface area contributed by atoms with Gasteiger partial charge in [0, 0.05) is 12.5 Å². The molecule has 0 spiro atoms. The first-order valence-electron chi connectivity index (χ1n) is 6.50. The third-order valence-electron chi connectivity index (χ3n) is 3.45. The normalized spacial score (nSPS) is 17.6. The number of nitrogens with one attached hydrogen (secondary N) is 1. The summed E-state index contributed by atoms with van der Waals surface area (Å²) in [6, 6.07) is 9.89. The lowest BCUT2D eigenvalue weighted by molar-refractivity contribution is 0.171. The lowest BCUT2D eigenvalue weighted by Crippen LogP contribution is -2.40. The summed E-state index contributed by atoms with van der Waals surface area (Å²) in [7, 11) is 0. The molecule has 0 saturated carbocycles. The van der Waals surface area contributed by atoms with Crippen molar-refractivity contribution in [3.8, 4) is 5.75 Å². The van der Waals surface area contributed by atoms with E-state index in [4.69, 9.17) is 15.9 Å². The second-order valence-electron chi connectivity index (χ2n) is 4.73. The Morgan fingerprint density at radius 2 is 1.94 bits per heavy atom. The standard InChI is InChI=1S/C14H21N3O/c15-14(16)12-6-8-17(9-7-12)10-11-18-13-4-2-1-3-5-13/h1-5,12H,6-11H2,(H3,15,16). The van der Waals surface area contributed by atoms with E-state index in [1.165, 1.54) is 0 Å². The van der Waals surface area contributed by atoms with E-state index in [0.29, 0.717) is 5.84 Å². The number of benzene rings is 1. The molecule has 1 fully saturated rings. The van der Waals surface area contributed by atoms with Crippen LogP contribution in [0.4, 0.5) is 0 Å². The van der Waals surface area contributed by atoms with Crippen molar-refractivity contribution >= 4 is 5.84 Å². The quantitative estimate of drug-likeness (QED) is 0.615. The van der Waals surface area contributed by atoms with Crippen LogP contribution in [0.5, 0.6) is 5.75 Å². The number of hydrogen-bond acceptors (Lipinski definition) is 3. The van der Waals surface area contributed by atoms with Gasteiger partial charge in [-0.1, -0.05) is 18.2 Å². The maximum atomic E-state index is 7.44. The molecular weight excluding hydrogens is 226 g/mol. The molecule has 1 aromatic carbocycles. The zero-order valence-corrected chi connectivity index (χ0v) is 10.6. The number of para-hydroxylation sites is 1. The van der Waals surface area contributed by atoms with Crippen molar-refractivity contribution in [1.82, 2.24) is 4.90 Å². The molecule has 4 heteroatoms. The van der Waals surface area contributed by atoms with Gasteiger partial charge in [0.2, 0.25) is 0 Å². The molecule has 3 N–H and O–H groups in total. The van der Waals surface area contributed by atoms with Crippen LogP contribution in [0.15, 0.2) is 30.3 Å². The molecule has 4 nitrogen and oxygen atoms in total. The molecule has 0 bridgehead atoms. The average molecular weight is 247 g/mol. The number of piperidine rings is 1. The van der Waals surface area contributed by atoms with Crippen LogP contribution in [0, 0.1) is 11.3 Å². The van der Waals surface area contributed by atoms with Gasteiger partial charge < -0.3 is 10.5 Å². The summed E-state index contributed by atoms with van der Waals surface area (Å²) >= 11 is 0. The predicted octanol–water partition coefficient (Wildman–Crippen LogP) is 1.71. The van der Waals surface area contributed by atoms with Crippen molar-refractivity contribution in [2.24, 2.45) is 11.7 Å². The first-order valence-corrected chi connectivity index (χ1v) is 6.50. The Kier molecular flexibility index (Phi) is 4.59. The summed E-state index contributed by atoms with van der Waals surface area (Å²) in [6.45, 7) is 3.69. The monoisotopic (exact) mass is 247 g/mol. The van der Waals surface area contributed by atoms with Crippen LogP contribution in [-0.2, 0) is 0 Å². The number of nitrogens with zero attached hydrogens (tertiary/aromatic N) is 1. The summed E-state index contributed by atoms with van der Waals surface area (Å²) in [5, 5.41) is 7.44. The predicted molar refractivity (Wildman–Crippen MR) is 73.0 cm³/mol. The van der Waals surface area contributed by atoms with E-state index < -0.39 is 0 Å². The SMILES string of the molecule is N=C(N)C1CCN(CCOc2ccccc2)CC1. The topological polar surface area (TPSA) is 62.3 Å². The van der Waals surface area contributed by atoms with Gasteiger partial charge in [0.05, 0.1) is 5.84 Å². The highest BCUT2D eigenvalue weighted by molar-refractivity contribution is 5.79. The third kappa shape index (κ3) is 3.74. The van der Waals surface area contributed by atoms with Crippen LogP contribution >= 0.6 is 0 Å². The van der Waals surface area contributed by atoms with Crippen molar-refractivity contribution in [1.29, 1.82) is 5.41 Å². The molecule has 0 aromatic heterocycles. The minimum absolute atomic E-state index is 0.288. The van der Waals surface area contributed by atoms with Crippen LogP contribution in [0.2, 0.25) is 0 Å². The Bertz CT molecular complexity index is 372. The highest BCUT2D eigenvalue weighted by atomic mass is 16.5. The molecule has 18 heavy (non-hydrogen) atoms. The van der Waals surface area contributed by atoms with Gasteiger partial charge in [-0.25, -0.2) is 0 Å². The van der Waals surface area contributed by atoms with Gasteiger partial charge >= 0.3 is 0 Å². The summed E-state index contributed by atoms with van der Waals surface area (Å²) in [5.74, 6) is 1.56. The molecule has 2 rings (SSSR count). The van der Waals surface area contributed by atoms with Crippen LogP contribution in [0.1, 0.15) is 12.8 Å². The minimum atomic E-state index is 0.288. The number of hydrogen-bond donors (Lipinski definition) is 2. The van der Waals surface area contributed by atoms with Gasteiger partial charge in [0.1, 0.15) is 12.4 Å². The molecule has 1 saturated heterocycles. The molecule has 1 aliphatic heterocycles. The highest BCUT2D eigenvalue weighted by Crippen LogP contribution is 2.16. The third-order valence-corrected chi connectivity index (χ3v) is 3.45. The maximum absolute atomic E-state index is 7.44. The Hall–Kier alpha value is -1.55. The van der Waals surface area contributed by atoms with Crippen molar-refractivity contribution in [3.63, 3.8) is 0 Å². The van der Waals surface area contributed by atoms with Gasteiger partial charge in [-0.2, -0.15) is 0 Å². The molecule has 0 amide bonds. The molecule has 0 atom stereocenters. The van der Waals surface area contributed by atoms with Crippen LogP contribution in [0.25, 0.3) is 0 Å². The summed E-state index contributed by atoms with van der Waals surface area (Å²) in [5.41, 5.74) is 5.53. The second-order valence-corrected chi connectivity index (χ2v) is 4.73. The Morgan fingerprint density at radius 3 is 2.56 bits per heavy atom. The molecule has 0 unspecified atom stereocenters. The van der Waals surface area contributed by atoms with E-state index in [2.05, 4.69) is 4.90 Å². The van der Waals surface area contributed by atoms with Gasteiger partial charge in [0.25, 0.3) is 0 Å². The van der Waals surface area contributed by atoms with Crippen molar-refractivity contribution < 1.29 is 4.74 Å². The van der Waals surface area contributed by atoms with E-state index in [1.54, 1.807) is 0 Å². The van der Waals surface area contributed by atoms with E-state index in [-0.39, 0.29) is 5.92 Å². The minimum Gasteiger partial charge on any atom is -0.492 e. The van der Waals surface area contributed by atoms with Crippen molar-refractivity contribution in [2.75, 3.05) is 26.2 Å². The molecule has 0 radical (unpaired) electrons. The zero-order chi connectivity index (χ0) is 12.8. The summed E-state index contributed by atoms with van der Waals surface area (Å²) < 4.78 is 5.67. The second kappa shape index (κ2) is 6.40. The Morgan fingerprint density at radius 1 is 1.28 bits per heavy atom. The Labute approximate surface area is 108 Å². The molecule has 98 valence electrons. The van der Waals surface area contributed by atoms with E-state index in [9.17, 15) is 0 Å². The average Bonchev–Trinajstić information content (AvgIpc) is 2.40. The molecular formula is C14H21N3O. The van der Waals surface area contributed by atoms with E-state index >= 15 is 0 Å². The molecule has 1 heterocycles. The molecule has 1 aliphatic rings. The number of likely N-dealkylation sites (tertiary alicyclic amines) is 1. The smallest absolute Gasteiger partial charge is 0.119 e. The zero-order valence-electron chi connectivity index (χ0n) is 10.6. The lowest BCUT2D eigenvalue weighted by atomic mass is 9.96. The lowest BCUT2D eigenvalue weighted by Gasteiger charge is -2.31. The summed E-state index contributed by atoms with van der Waals surface area (Å²) in [6.07, 6.45) is 2.00. The maximum Gasteiger partial charge on any atom is 0.119 e. The largest absolute Gasteiger partial charge is 0.492 e. The first-order chi connectivity index (χ1) is 8.75. The molecule has 1 aromatic rings. The fourth-order valence-corrected chi connectivity index (χ4v) is 2.28. The van der Waals surface area contributed by atoms with Crippen LogP contribution < -0.4 is 10.5 Å². The number of nitrogens with two attached hydrogens (primary N) is 1. The van der Waals surface area contributed by atoms with E-state index in [0.717, 1.165) is 44.8 Å². The Balaban J connectivity index is 1.65. The summed E-state index contributed by atoms with van der Waals surface area (Å²) in [4.78, 5) is 2.38. The first kappa shape index (κ1) is 12.9. The van der Waals surface area contributed by atoms with Gasteiger partial charge in [0.15, 0.2) is 0 Å². The molecule has 0 aliphatic carbocycles. The van der Waals surface area contributed by atoms with Gasteiger partial charge in [-0.3, -0.25) is 10.3 Å². The highest BCUT2D eigenvalue weighted by Gasteiger charge is 2.20. The van der Waals surface area contributed by atoms with Crippen molar-refractivity contribution in [2.45, 2.75) is 12.8 Å². The van der Waals surface area contributed by atoms with Crippen LogP contribution in [-0.4, -0.2) is 37.0 Å². The van der Waals surface area contributed by atoms with Gasteiger partial charge in [-0.05, 0) is 38.1 Å². The fourth-order valence-electron chi connectivity index (χ4n) is 2.28. The number of amidine groups is 1. The van der Waals surface area contributed by atoms with E-state index in [1.807, 2.05) is 30.3 Å².